The Hall–Kier alpha value is -1.51. The molecule has 134 valence electrons. The lowest BCUT2D eigenvalue weighted by Gasteiger charge is -2.37. The van der Waals surface area contributed by atoms with Gasteiger partial charge in [0.2, 0.25) is 0 Å². The fourth-order valence-corrected chi connectivity index (χ4v) is 3.36. The summed E-state index contributed by atoms with van der Waals surface area (Å²) in [6.45, 7) is 13.4. The summed E-state index contributed by atoms with van der Waals surface area (Å²) in [7, 11) is -1.88. The van der Waals surface area contributed by atoms with Crippen LogP contribution in [-0.2, 0) is 4.43 Å². The molecule has 0 spiro atoms. The average molecular weight is 352 g/mol. The number of aliphatic hydroxyl groups is 1. The first-order valence-electron chi connectivity index (χ1n) is 8.28. The van der Waals surface area contributed by atoms with Gasteiger partial charge in [0.05, 0.1) is 25.1 Å². The van der Waals surface area contributed by atoms with E-state index in [0.717, 1.165) is 0 Å². The Balaban J connectivity index is 2.30. The molecule has 3 N–H and O–H groups in total. The first-order chi connectivity index (χ1) is 11.0. The van der Waals surface area contributed by atoms with Crippen LogP contribution in [0.5, 0.6) is 0 Å². The second-order valence-electron chi connectivity index (χ2n) is 7.89. The van der Waals surface area contributed by atoms with Crippen molar-refractivity contribution in [3.05, 3.63) is 12.7 Å². The molecule has 0 radical (unpaired) electrons. The van der Waals surface area contributed by atoms with Crippen LogP contribution in [0, 0.1) is 0 Å². The third-order valence-electron chi connectivity index (χ3n) is 4.84. The van der Waals surface area contributed by atoms with Crippen molar-refractivity contribution >= 4 is 25.3 Å². The molecule has 0 saturated carbocycles. The number of aliphatic hydroxyl groups excluding tert-OH is 1. The number of nitrogens with two attached hydrogens (primary N) is 1. The van der Waals surface area contributed by atoms with Gasteiger partial charge in [-0.15, -0.1) is 0 Å². The van der Waals surface area contributed by atoms with Gasteiger partial charge in [0, 0.05) is 0 Å². The Morgan fingerprint density at radius 2 is 1.96 bits per heavy atom. The van der Waals surface area contributed by atoms with Crippen molar-refractivity contribution in [2.45, 2.75) is 64.4 Å². The number of imidazole rings is 1. The highest BCUT2D eigenvalue weighted by molar-refractivity contribution is 6.74. The van der Waals surface area contributed by atoms with E-state index in [1.54, 1.807) is 13.3 Å². The molecule has 0 fully saturated rings. The van der Waals surface area contributed by atoms with Crippen LogP contribution in [-0.4, -0.2) is 45.7 Å². The predicted molar refractivity (Wildman–Crippen MR) is 98.2 cm³/mol. The number of hydrogen-bond donors (Lipinski definition) is 2. The Labute approximate surface area is 144 Å². The first-order valence-corrected chi connectivity index (χ1v) is 11.2. The number of rotatable bonds is 6. The largest absolute Gasteiger partial charge is 0.415 e. The Morgan fingerprint density at radius 3 is 2.54 bits per heavy atom. The Bertz CT molecular complexity index is 693. The van der Waals surface area contributed by atoms with Crippen LogP contribution in [0.1, 0.15) is 40.2 Å². The molecule has 2 aromatic rings. The molecule has 2 aromatic heterocycles. The number of fused-ring (bicyclic) bond motifs is 1. The zero-order valence-corrected chi connectivity index (χ0v) is 16.4. The topological polar surface area (TPSA) is 99.1 Å². The smallest absolute Gasteiger partial charge is 0.192 e. The molecule has 24 heavy (non-hydrogen) atoms. The van der Waals surface area contributed by atoms with Crippen LogP contribution in [0.25, 0.3) is 11.2 Å². The van der Waals surface area contributed by atoms with Gasteiger partial charge in [0.15, 0.2) is 19.8 Å². The number of aromatic nitrogens is 4. The molecule has 2 rings (SSSR count). The second-order valence-corrected chi connectivity index (χ2v) is 12.7. The molecular formula is C16H29N5O2Si. The lowest BCUT2D eigenvalue weighted by molar-refractivity contribution is 0.135. The maximum absolute atomic E-state index is 9.90. The predicted octanol–water partition coefficient (Wildman–Crippen LogP) is 2.74. The minimum atomic E-state index is -1.88. The molecule has 2 unspecified atom stereocenters. The van der Waals surface area contributed by atoms with E-state index in [1.165, 1.54) is 6.33 Å². The van der Waals surface area contributed by atoms with Gasteiger partial charge in [-0.25, -0.2) is 15.0 Å². The van der Waals surface area contributed by atoms with Gasteiger partial charge in [-0.2, -0.15) is 0 Å². The van der Waals surface area contributed by atoms with Crippen LogP contribution in [0.3, 0.4) is 0 Å². The molecule has 0 aliphatic heterocycles. The monoisotopic (exact) mass is 351 g/mol. The zero-order chi connectivity index (χ0) is 18.1. The molecule has 2 atom stereocenters. The van der Waals surface area contributed by atoms with Crippen molar-refractivity contribution in [1.29, 1.82) is 0 Å². The van der Waals surface area contributed by atoms with E-state index in [4.69, 9.17) is 10.2 Å². The standard InChI is InChI=1S/C16H29N5O2Si/c1-11(22)7-12(8-23-24(5,6)16(2,3)4)21-10-20-13-14(17)18-9-19-15(13)21/h9-12,22H,7-8H2,1-6H3,(H2,17,18,19). The van der Waals surface area contributed by atoms with Crippen LogP contribution >= 0.6 is 0 Å². The van der Waals surface area contributed by atoms with Gasteiger partial charge in [-0.1, -0.05) is 20.8 Å². The molecule has 8 heteroatoms. The highest BCUT2D eigenvalue weighted by Crippen LogP contribution is 2.37. The van der Waals surface area contributed by atoms with Crippen molar-refractivity contribution in [3.63, 3.8) is 0 Å². The summed E-state index contributed by atoms with van der Waals surface area (Å²) in [6, 6.07) is -0.0570. The number of nitrogen functional groups attached to an aromatic ring is 1. The van der Waals surface area contributed by atoms with Crippen LogP contribution in [0.4, 0.5) is 5.82 Å². The van der Waals surface area contributed by atoms with Gasteiger partial charge in [-0.3, -0.25) is 0 Å². The quantitative estimate of drug-likeness (QED) is 0.776. The minimum absolute atomic E-state index is 0.0570. The summed E-state index contributed by atoms with van der Waals surface area (Å²) in [6.07, 6.45) is 3.25. The molecule has 0 amide bonds. The molecule has 7 nitrogen and oxygen atoms in total. The molecule has 0 saturated heterocycles. The first kappa shape index (κ1) is 18.8. The Morgan fingerprint density at radius 1 is 1.29 bits per heavy atom. The van der Waals surface area contributed by atoms with E-state index in [-0.39, 0.29) is 11.1 Å². The maximum Gasteiger partial charge on any atom is 0.192 e. The van der Waals surface area contributed by atoms with E-state index >= 15 is 0 Å². The van der Waals surface area contributed by atoms with E-state index < -0.39 is 14.4 Å². The van der Waals surface area contributed by atoms with Gasteiger partial charge in [0.25, 0.3) is 0 Å². The van der Waals surface area contributed by atoms with Crippen molar-refractivity contribution in [3.8, 4) is 0 Å². The van der Waals surface area contributed by atoms with Crippen LogP contribution in [0.15, 0.2) is 12.7 Å². The number of nitrogens with zero attached hydrogens (tertiary/aromatic N) is 4. The summed E-state index contributed by atoms with van der Waals surface area (Å²) in [4.78, 5) is 12.6. The van der Waals surface area contributed by atoms with Crippen LogP contribution < -0.4 is 5.73 Å². The highest BCUT2D eigenvalue weighted by atomic mass is 28.4. The van der Waals surface area contributed by atoms with Gasteiger partial charge in [-0.05, 0) is 31.5 Å². The van der Waals surface area contributed by atoms with Crippen molar-refractivity contribution < 1.29 is 9.53 Å². The summed E-state index contributed by atoms with van der Waals surface area (Å²) in [5.41, 5.74) is 7.13. The van der Waals surface area contributed by atoms with Gasteiger partial charge < -0.3 is 19.8 Å². The van der Waals surface area contributed by atoms with Crippen LogP contribution in [0.2, 0.25) is 18.1 Å². The summed E-state index contributed by atoms with van der Waals surface area (Å²) < 4.78 is 8.30. The third-order valence-corrected chi connectivity index (χ3v) is 9.34. The van der Waals surface area contributed by atoms with Gasteiger partial charge in [0.1, 0.15) is 11.8 Å². The average Bonchev–Trinajstić information content (AvgIpc) is 2.87. The SMILES string of the molecule is CC(O)CC(CO[Si](C)(C)C(C)(C)C)n1cnc2c(N)ncnc21. The van der Waals surface area contributed by atoms with Crippen molar-refractivity contribution in [1.82, 2.24) is 19.5 Å². The molecule has 0 aliphatic carbocycles. The number of hydrogen-bond acceptors (Lipinski definition) is 6. The minimum Gasteiger partial charge on any atom is -0.415 e. The van der Waals surface area contributed by atoms with E-state index in [9.17, 15) is 5.11 Å². The fraction of sp³-hybridized carbons (Fsp3) is 0.688. The third kappa shape index (κ3) is 3.93. The maximum atomic E-state index is 9.90. The molecule has 0 bridgehead atoms. The summed E-state index contributed by atoms with van der Waals surface area (Å²) in [5.74, 6) is 0.361. The van der Waals surface area contributed by atoms with Gasteiger partial charge >= 0.3 is 0 Å². The molecule has 0 aromatic carbocycles. The Kier molecular flexibility index (Phi) is 5.31. The number of anilines is 1. The fourth-order valence-electron chi connectivity index (χ4n) is 2.31. The normalized spacial score (nSPS) is 15.6. The summed E-state index contributed by atoms with van der Waals surface area (Å²) >= 11 is 0. The molecule has 0 aliphatic rings. The molecular weight excluding hydrogens is 322 g/mol. The summed E-state index contributed by atoms with van der Waals surface area (Å²) in [5, 5.41) is 10.0. The zero-order valence-electron chi connectivity index (χ0n) is 15.4. The molecule has 2 heterocycles. The van der Waals surface area contributed by atoms with Crippen molar-refractivity contribution in [2.75, 3.05) is 12.3 Å². The van der Waals surface area contributed by atoms with E-state index in [1.807, 2.05) is 4.57 Å². The lowest BCUT2D eigenvalue weighted by atomic mass is 10.1. The van der Waals surface area contributed by atoms with E-state index in [2.05, 4.69) is 48.8 Å². The van der Waals surface area contributed by atoms with E-state index in [0.29, 0.717) is 30.0 Å². The van der Waals surface area contributed by atoms with Crippen molar-refractivity contribution in [2.24, 2.45) is 0 Å². The second kappa shape index (κ2) is 6.77. The lowest BCUT2D eigenvalue weighted by Crippen LogP contribution is -2.42. The highest BCUT2D eigenvalue weighted by Gasteiger charge is 2.38.